The van der Waals surface area contributed by atoms with Gasteiger partial charge < -0.3 is 15.9 Å². The normalized spacial score (nSPS) is 13.8. The Bertz CT molecular complexity index is 366. The van der Waals surface area contributed by atoms with Crippen molar-refractivity contribution < 1.29 is 23.4 Å². The summed E-state index contributed by atoms with van der Waals surface area (Å²) in [6.45, 7) is -0.253. The third-order valence-corrected chi connectivity index (χ3v) is 2.19. The number of halogens is 3. The van der Waals surface area contributed by atoms with Gasteiger partial charge in [-0.2, -0.15) is 13.2 Å². The number of hydrogen-bond acceptors (Lipinski definition) is 3. The highest BCUT2D eigenvalue weighted by Gasteiger charge is 2.31. The van der Waals surface area contributed by atoms with Crippen LogP contribution in [-0.2, 0) is 6.18 Å². The molecule has 0 heterocycles. The Balaban J connectivity index is 3.09. The minimum absolute atomic E-state index is 0.0103. The maximum atomic E-state index is 12.4. The van der Waals surface area contributed by atoms with E-state index >= 15 is 0 Å². The van der Waals surface area contributed by atoms with E-state index < -0.39 is 17.8 Å². The number of benzene rings is 1. The van der Waals surface area contributed by atoms with Crippen molar-refractivity contribution in [3.05, 3.63) is 29.3 Å². The summed E-state index contributed by atoms with van der Waals surface area (Å²) in [6, 6.07) is 1.72. The third kappa shape index (κ3) is 2.86. The average molecular weight is 235 g/mol. The third-order valence-electron chi connectivity index (χ3n) is 2.19. The molecule has 1 aromatic rings. The second-order valence-corrected chi connectivity index (χ2v) is 3.39. The SMILES string of the molecule is N[C@H](CCO)c1cc(C(F)(F)F)ccc1O. The summed E-state index contributed by atoms with van der Waals surface area (Å²) in [4.78, 5) is 0. The Morgan fingerprint density at radius 2 is 1.94 bits per heavy atom. The topological polar surface area (TPSA) is 66.5 Å². The molecule has 0 aromatic heterocycles. The summed E-state index contributed by atoms with van der Waals surface area (Å²) in [6.07, 6.45) is -4.38. The van der Waals surface area contributed by atoms with Crippen molar-refractivity contribution in [3.8, 4) is 5.75 Å². The number of aliphatic hydroxyl groups excluding tert-OH is 1. The highest BCUT2D eigenvalue weighted by Crippen LogP contribution is 2.34. The van der Waals surface area contributed by atoms with Gasteiger partial charge in [0.2, 0.25) is 0 Å². The van der Waals surface area contributed by atoms with E-state index in [1.807, 2.05) is 0 Å². The maximum Gasteiger partial charge on any atom is 0.416 e. The monoisotopic (exact) mass is 235 g/mol. The van der Waals surface area contributed by atoms with Crippen LogP contribution in [0.25, 0.3) is 0 Å². The molecule has 0 saturated heterocycles. The van der Waals surface area contributed by atoms with Crippen LogP contribution >= 0.6 is 0 Å². The largest absolute Gasteiger partial charge is 0.508 e. The first-order valence-corrected chi connectivity index (χ1v) is 4.63. The maximum absolute atomic E-state index is 12.4. The highest BCUT2D eigenvalue weighted by molar-refractivity contribution is 5.39. The number of phenols is 1. The summed E-state index contributed by atoms with van der Waals surface area (Å²) >= 11 is 0. The molecule has 16 heavy (non-hydrogen) atoms. The fraction of sp³-hybridized carbons (Fsp3) is 0.400. The number of aliphatic hydroxyl groups is 1. The molecule has 1 aromatic carbocycles. The van der Waals surface area contributed by atoms with Crippen LogP contribution in [0.3, 0.4) is 0 Å². The second-order valence-electron chi connectivity index (χ2n) is 3.39. The molecule has 3 nitrogen and oxygen atoms in total. The van der Waals surface area contributed by atoms with Crippen LogP contribution < -0.4 is 5.73 Å². The van der Waals surface area contributed by atoms with E-state index in [1.54, 1.807) is 0 Å². The molecule has 0 aliphatic heterocycles. The van der Waals surface area contributed by atoms with Gasteiger partial charge in [0, 0.05) is 18.2 Å². The lowest BCUT2D eigenvalue weighted by Gasteiger charge is -2.15. The van der Waals surface area contributed by atoms with Crippen molar-refractivity contribution >= 4 is 0 Å². The first-order chi connectivity index (χ1) is 7.36. The van der Waals surface area contributed by atoms with E-state index in [1.165, 1.54) is 0 Å². The molecule has 0 aliphatic rings. The van der Waals surface area contributed by atoms with Gasteiger partial charge >= 0.3 is 6.18 Å². The molecule has 4 N–H and O–H groups in total. The Hall–Kier alpha value is -1.27. The Labute approximate surface area is 90.3 Å². The van der Waals surface area contributed by atoms with E-state index in [-0.39, 0.29) is 24.3 Å². The predicted molar refractivity (Wildman–Crippen MR) is 51.7 cm³/mol. The Kier molecular flexibility index (Phi) is 3.77. The molecule has 0 amide bonds. The minimum Gasteiger partial charge on any atom is -0.508 e. The van der Waals surface area contributed by atoms with Gasteiger partial charge in [-0.1, -0.05) is 0 Å². The lowest BCUT2D eigenvalue weighted by atomic mass is 10.0. The molecule has 0 spiro atoms. The van der Waals surface area contributed by atoms with E-state index in [0.717, 1.165) is 18.2 Å². The molecule has 1 rings (SSSR count). The van der Waals surface area contributed by atoms with Gasteiger partial charge in [0.15, 0.2) is 0 Å². The summed E-state index contributed by atoms with van der Waals surface area (Å²) in [5.41, 5.74) is 4.65. The Morgan fingerprint density at radius 3 is 2.44 bits per heavy atom. The number of aromatic hydroxyl groups is 1. The molecular weight excluding hydrogens is 223 g/mol. The number of phenolic OH excluding ortho intramolecular Hbond substituents is 1. The summed E-state index contributed by atoms with van der Waals surface area (Å²) in [5, 5.41) is 18.0. The van der Waals surface area contributed by atoms with E-state index in [9.17, 15) is 18.3 Å². The fourth-order valence-electron chi connectivity index (χ4n) is 1.32. The number of hydrogen-bond donors (Lipinski definition) is 3. The van der Waals surface area contributed by atoms with E-state index in [0.29, 0.717) is 0 Å². The van der Waals surface area contributed by atoms with Gasteiger partial charge in [0.05, 0.1) is 5.56 Å². The van der Waals surface area contributed by atoms with E-state index in [2.05, 4.69) is 0 Å². The first kappa shape index (κ1) is 12.8. The van der Waals surface area contributed by atoms with Gasteiger partial charge in [0.25, 0.3) is 0 Å². The fourth-order valence-corrected chi connectivity index (χ4v) is 1.32. The van der Waals surface area contributed by atoms with Crippen LogP contribution in [0.4, 0.5) is 13.2 Å². The Morgan fingerprint density at radius 1 is 1.31 bits per heavy atom. The van der Waals surface area contributed by atoms with Crippen LogP contribution in [0.1, 0.15) is 23.6 Å². The quantitative estimate of drug-likeness (QED) is 0.748. The van der Waals surface area contributed by atoms with Gasteiger partial charge in [-0.05, 0) is 24.6 Å². The van der Waals surface area contributed by atoms with Crippen molar-refractivity contribution in [2.45, 2.75) is 18.6 Å². The lowest BCUT2D eigenvalue weighted by Crippen LogP contribution is -2.14. The zero-order chi connectivity index (χ0) is 12.3. The number of nitrogens with two attached hydrogens (primary N) is 1. The molecular formula is C10H12F3NO2. The zero-order valence-electron chi connectivity index (χ0n) is 8.33. The molecule has 0 aliphatic carbocycles. The molecule has 0 radical (unpaired) electrons. The number of alkyl halides is 3. The highest BCUT2D eigenvalue weighted by atomic mass is 19.4. The molecule has 0 unspecified atom stereocenters. The van der Waals surface area contributed by atoms with Crippen LogP contribution in [0.15, 0.2) is 18.2 Å². The van der Waals surface area contributed by atoms with Crippen LogP contribution in [0.5, 0.6) is 5.75 Å². The van der Waals surface area contributed by atoms with Crippen molar-refractivity contribution in [1.82, 2.24) is 0 Å². The summed E-state index contributed by atoms with van der Waals surface area (Å²) < 4.78 is 37.1. The molecule has 6 heteroatoms. The standard InChI is InChI=1S/C10H12F3NO2/c11-10(12,13)6-1-2-9(16)7(5-6)8(14)3-4-15/h1-2,5,8,15-16H,3-4,14H2/t8-/m1/s1. The van der Waals surface area contributed by atoms with Gasteiger partial charge in [-0.3, -0.25) is 0 Å². The number of rotatable bonds is 3. The van der Waals surface area contributed by atoms with Crippen molar-refractivity contribution in [1.29, 1.82) is 0 Å². The van der Waals surface area contributed by atoms with Crippen molar-refractivity contribution in [2.75, 3.05) is 6.61 Å². The van der Waals surface area contributed by atoms with Crippen LogP contribution in [-0.4, -0.2) is 16.8 Å². The van der Waals surface area contributed by atoms with Gasteiger partial charge in [0.1, 0.15) is 5.75 Å². The van der Waals surface area contributed by atoms with Crippen LogP contribution in [0, 0.1) is 0 Å². The van der Waals surface area contributed by atoms with Crippen molar-refractivity contribution in [2.24, 2.45) is 5.73 Å². The smallest absolute Gasteiger partial charge is 0.416 e. The summed E-state index contributed by atoms with van der Waals surface area (Å²) in [5.74, 6) is -0.297. The zero-order valence-corrected chi connectivity index (χ0v) is 8.33. The second kappa shape index (κ2) is 4.71. The molecule has 0 saturated carbocycles. The van der Waals surface area contributed by atoms with Gasteiger partial charge in [-0.15, -0.1) is 0 Å². The first-order valence-electron chi connectivity index (χ1n) is 4.63. The summed E-state index contributed by atoms with van der Waals surface area (Å²) in [7, 11) is 0. The lowest BCUT2D eigenvalue weighted by molar-refractivity contribution is -0.137. The van der Waals surface area contributed by atoms with Gasteiger partial charge in [-0.25, -0.2) is 0 Å². The minimum atomic E-state index is -4.47. The average Bonchev–Trinajstić information content (AvgIpc) is 2.16. The molecule has 0 bridgehead atoms. The van der Waals surface area contributed by atoms with Crippen molar-refractivity contribution in [3.63, 3.8) is 0 Å². The molecule has 1 atom stereocenters. The molecule has 90 valence electrons. The van der Waals surface area contributed by atoms with Crippen LogP contribution in [0.2, 0.25) is 0 Å². The predicted octanol–water partition coefficient (Wildman–Crippen LogP) is 1.79. The van der Waals surface area contributed by atoms with E-state index in [4.69, 9.17) is 10.8 Å². The molecule has 0 fully saturated rings.